The van der Waals surface area contributed by atoms with Crippen molar-refractivity contribution in [1.29, 1.82) is 0 Å². The van der Waals surface area contributed by atoms with E-state index in [2.05, 4.69) is 23.4 Å². The van der Waals surface area contributed by atoms with E-state index in [4.69, 9.17) is 9.47 Å². The van der Waals surface area contributed by atoms with Crippen LogP contribution in [0.2, 0.25) is 0 Å². The molecule has 5 heteroatoms. The molecular formula is C18H24N2O3. The number of amides is 1. The number of ether oxygens (including phenoxy) is 2. The van der Waals surface area contributed by atoms with Crippen LogP contribution in [0.1, 0.15) is 12.5 Å². The molecule has 0 spiro atoms. The highest BCUT2D eigenvalue weighted by molar-refractivity contribution is 5.82. The Hall–Kier alpha value is -2.27. The smallest absolute Gasteiger partial charge is 0.237 e. The van der Waals surface area contributed by atoms with Crippen LogP contribution in [0.4, 0.5) is 0 Å². The third kappa shape index (κ3) is 4.60. The van der Waals surface area contributed by atoms with Crippen molar-refractivity contribution in [2.45, 2.75) is 19.5 Å². The fourth-order valence-corrected chi connectivity index (χ4v) is 2.46. The number of nitrogens with zero attached hydrogens (tertiary/aromatic N) is 1. The fraction of sp³-hybridized carbons (Fsp3) is 0.389. The van der Waals surface area contributed by atoms with Crippen molar-refractivity contribution in [3.8, 4) is 11.5 Å². The molecule has 124 valence electrons. The van der Waals surface area contributed by atoms with Crippen LogP contribution in [-0.2, 0) is 11.3 Å². The topological polar surface area (TPSA) is 50.8 Å². The zero-order valence-corrected chi connectivity index (χ0v) is 13.6. The van der Waals surface area contributed by atoms with Gasteiger partial charge in [-0.25, -0.2) is 0 Å². The molecule has 0 saturated carbocycles. The second kappa shape index (κ2) is 8.39. The molecule has 1 N–H and O–H groups in total. The first-order chi connectivity index (χ1) is 11.2. The molecule has 2 rings (SSSR count). The van der Waals surface area contributed by atoms with Gasteiger partial charge in [-0.15, -0.1) is 0 Å². The van der Waals surface area contributed by atoms with Crippen LogP contribution >= 0.6 is 0 Å². The molecule has 1 heterocycles. The summed E-state index contributed by atoms with van der Waals surface area (Å²) in [6.45, 7) is 12.3. The molecule has 1 aliphatic rings. The lowest BCUT2D eigenvalue weighted by molar-refractivity contribution is -0.128. The van der Waals surface area contributed by atoms with Crippen LogP contribution in [0.5, 0.6) is 11.5 Å². The van der Waals surface area contributed by atoms with Crippen LogP contribution in [0, 0.1) is 0 Å². The zero-order chi connectivity index (χ0) is 16.7. The summed E-state index contributed by atoms with van der Waals surface area (Å²) in [5.41, 5.74) is 1.03. The average Bonchev–Trinajstić information content (AvgIpc) is 2.56. The summed E-state index contributed by atoms with van der Waals surface area (Å²) in [7, 11) is 0. The van der Waals surface area contributed by atoms with E-state index in [9.17, 15) is 4.79 Å². The normalized spacial score (nSPS) is 18.1. The van der Waals surface area contributed by atoms with Crippen LogP contribution in [0.3, 0.4) is 0 Å². The number of carbonyl (C=O) groups is 1. The van der Waals surface area contributed by atoms with E-state index >= 15 is 0 Å². The van der Waals surface area contributed by atoms with Crippen molar-refractivity contribution >= 4 is 5.91 Å². The second-order valence-electron chi connectivity index (χ2n) is 5.41. The summed E-state index contributed by atoms with van der Waals surface area (Å²) < 4.78 is 11.3. The number of hydrogen-bond donors (Lipinski definition) is 1. The van der Waals surface area contributed by atoms with Gasteiger partial charge in [-0.2, -0.15) is 0 Å². The molecule has 0 aromatic heterocycles. The number of carbonyl (C=O) groups excluding carboxylic acids is 1. The highest BCUT2D eigenvalue weighted by atomic mass is 16.5. The Morgan fingerprint density at radius 2 is 2.04 bits per heavy atom. The Morgan fingerprint density at radius 1 is 1.30 bits per heavy atom. The van der Waals surface area contributed by atoms with Gasteiger partial charge in [0.25, 0.3) is 0 Å². The first-order valence-corrected chi connectivity index (χ1v) is 7.77. The van der Waals surface area contributed by atoms with E-state index in [1.165, 1.54) is 0 Å². The van der Waals surface area contributed by atoms with E-state index in [-0.39, 0.29) is 11.9 Å². The predicted molar refractivity (Wildman–Crippen MR) is 90.7 cm³/mol. The Kier molecular flexibility index (Phi) is 6.23. The lowest BCUT2D eigenvalue weighted by Gasteiger charge is -2.33. The Balaban J connectivity index is 2.16. The number of benzene rings is 1. The van der Waals surface area contributed by atoms with Gasteiger partial charge in [0.1, 0.15) is 24.7 Å². The number of rotatable bonds is 8. The first-order valence-electron chi connectivity index (χ1n) is 7.77. The molecule has 0 radical (unpaired) electrons. The van der Waals surface area contributed by atoms with E-state index in [1.807, 2.05) is 25.1 Å². The number of hydrogen-bond acceptors (Lipinski definition) is 4. The summed E-state index contributed by atoms with van der Waals surface area (Å²) in [5.74, 6) is 1.55. The number of piperazine rings is 1. The van der Waals surface area contributed by atoms with Crippen molar-refractivity contribution < 1.29 is 14.3 Å². The summed E-state index contributed by atoms with van der Waals surface area (Å²) in [6.07, 6.45) is 3.41. The largest absolute Gasteiger partial charge is 0.489 e. The third-order valence-corrected chi connectivity index (χ3v) is 3.76. The summed E-state index contributed by atoms with van der Waals surface area (Å²) in [5, 5.41) is 2.87. The Morgan fingerprint density at radius 3 is 2.78 bits per heavy atom. The van der Waals surface area contributed by atoms with Crippen molar-refractivity contribution in [3.05, 3.63) is 49.1 Å². The minimum absolute atomic E-state index is 0.0655. The molecular weight excluding hydrogens is 292 g/mol. The van der Waals surface area contributed by atoms with Crippen molar-refractivity contribution in [2.24, 2.45) is 0 Å². The molecule has 0 unspecified atom stereocenters. The van der Waals surface area contributed by atoms with Crippen LogP contribution < -0.4 is 14.8 Å². The maximum atomic E-state index is 11.8. The van der Waals surface area contributed by atoms with Gasteiger partial charge in [0.15, 0.2) is 0 Å². The van der Waals surface area contributed by atoms with E-state index in [0.717, 1.165) is 23.6 Å². The van der Waals surface area contributed by atoms with Gasteiger partial charge in [0.2, 0.25) is 5.91 Å². The first kappa shape index (κ1) is 17.1. The van der Waals surface area contributed by atoms with Gasteiger partial charge in [0, 0.05) is 31.3 Å². The average molecular weight is 316 g/mol. The van der Waals surface area contributed by atoms with Gasteiger partial charge in [-0.05, 0) is 13.0 Å². The molecule has 1 atom stereocenters. The maximum Gasteiger partial charge on any atom is 0.237 e. The van der Waals surface area contributed by atoms with Gasteiger partial charge >= 0.3 is 0 Å². The lowest BCUT2D eigenvalue weighted by Crippen LogP contribution is -2.53. The van der Waals surface area contributed by atoms with Crippen molar-refractivity contribution in [3.63, 3.8) is 0 Å². The van der Waals surface area contributed by atoms with E-state index in [0.29, 0.717) is 26.3 Å². The molecule has 0 bridgehead atoms. The fourth-order valence-electron chi connectivity index (χ4n) is 2.46. The third-order valence-electron chi connectivity index (χ3n) is 3.76. The highest BCUT2D eigenvalue weighted by Gasteiger charge is 2.26. The molecule has 1 aliphatic heterocycles. The molecule has 0 aliphatic carbocycles. The molecule has 5 nitrogen and oxygen atoms in total. The minimum Gasteiger partial charge on any atom is -0.489 e. The van der Waals surface area contributed by atoms with E-state index < -0.39 is 0 Å². The SMILES string of the molecule is C=CCOc1ccc(CN2CCNC(=O)[C@@H]2C)c(OCC=C)c1. The summed E-state index contributed by atoms with van der Waals surface area (Å²) in [6, 6.07) is 5.62. The molecule has 1 amide bonds. The monoisotopic (exact) mass is 316 g/mol. The van der Waals surface area contributed by atoms with Crippen LogP contribution in [0.15, 0.2) is 43.5 Å². The van der Waals surface area contributed by atoms with Crippen molar-refractivity contribution in [1.82, 2.24) is 10.2 Å². The Bertz CT molecular complexity index is 571. The lowest BCUT2D eigenvalue weighted by atomic mass is 10.1. The Labute approximate surface area is 137 Å². The van der Waals surface area contributed by atoms with Gasteiger partial charge in [-0.3, -0.25) is 9.69 Å². The van der Waals surface area contributed by atoms with Crippen molar-refractivity contribution in [2.75, 3.05) is 26.3 Å². The molecule has 1 fully saturated rings. The van der Waals surface area contributed by atoms with Gasteiger partial charge in [0.05, 0.1) is 6.04 Å². The second-order valence-corrected chi connectivity index (χ2v) is 5.41. The highest BCUT2D eigenvalue weighted by Crippen LogP contribution is 2.27. The molecule has 1 aromatic carbocycles. The van der Waals surface area contributed by atoms with Crippen LogP contribution in [0.25, 0.3) is 0 Å². The molecule has 23 heavy (non-hydrogen) atoms. The summed E-state index contributed by atoms with van der Waals surface area (Å²) >= 11 is 0. The maximum absolute atomic E-state index is 11.8. The van der Waals surface area contributed by atoms with E-state index in [1.54, 1.807) is 12.2 Å². The zero-order valence-electron chi connectivity index (χ0n) is 13.6. The van der Waals surface area contributed by atoms with Gasteiger partial charge < -0.3 is 14.8 Å². The minimum atomic E-state index is -0.146. The summed E-state index contributed by atoms with van der Waals surface area (Å²) in [4.78, 5) is 13.9. The van der Waals surface area contributed by atoms with Gasteiger partial charge in [-0.1, -0.05) is 31.4 Å². The van der Waals surface area contributed by atoms with Crippen LogP contribution in [-0.4, -0.2) is 43.2 Å². The molecule has 1 saturated heterocycles. The predicted octanol–water partition coefficient (Wildman–Crippen LogP) is 2.14. The number of nitrogens with one attached hydrogen (secondary N) is 1. The quantitative estimate of drug-likeness (QED) is 0.747. The standard InChI is InChI=1S/C18H24N2O3/c1-4-10-22-16-7-6-15(17(12-16)23-11-5-2)13-20-9-8-19-18(21)14(20)3/h4-7,12,14H,1-2,8-11,13H2,3H3,(H,19,21)/t14-/m0/s1. The molecule has 1 aromatic rings.